The van der Waals surface area contributed by atoms with Crippen LogP contribution in [-0.2, 0) is 4.74 Å². The van der Waals surface area contributed by atoms with E-state index in [0.717, 1.165) is 33.7 Å². The fourth-order valence-electron chi connectivity index (χ4n) is 4.80. The lowest BCUT2D eigenvalue weighted by Crippen LogP contribution is -2.53. The fraction of sp³-hybridized carbons (Fsp3) is 0.292. The van der Waals surface area contributed by atoms with Gasteiger partial charge in [0, 0.05) is 5.56 Å². The molecule has 4 heterocycles. The molecule has 4 N–H and O–H groups in total. The van der Waals surface area contributed by atoms with Crippen molar-refractivity contribution >= 4 is 11.0 Å². The van der Waals surface area contributed by atoms with Gasteiger partial charge in [-0.2, -0.15) is 0 Å². The Hall–Kier alpha value is -4.18. The summed E-state index contributed by atoms with van der Waals surface area (Å²) < 4.78 is 49.5. The number of hydrogen-bond acceptors (Lipinski definition) is 9. The molecular weight excluding hydrogens is 521 g/mol. The number of H-pyrrole nitrogens is 1. The highest BCUT2D eigenvalue weighted by Gasteiger charge is 2.48. The molecule has 5 atom stereocenters. The Morgan fingerprint density at radius 3 is 2.56 bits per heavy atom. The molecule has 1 fully saturated rings. The number of aryl methyl sites for hydroxylation is 1. The largest absolute Gasteiger partial charge is 0.394 e. The Morgan fingerprint density at radius 2 is 1.82 bits per heavy atom. The van der Waals surface area contributed by atoms with E-state index >= 15 is 0 Å². The molecule has 1 saturated heterocycles. The number of nitrogens with one attached hydrogen (secondary N) is 1. The Bertz CT molecular complexity index is 1650. The molecule has 6 rings (SSSR count). The molecule has 0 bridgehead atoms. The summed E-state index contributed by atoms with van der Waals surface area (Å²) in [5, 5.41) is 48.1. The van der Waals surface area contributed by atoms with E-state index in [1.807, 2.05) is 13.0 Å². The second kappa shape index (κ2) is 9.53. The number of aromatic amines is 1. The van der Waals surface area contributed by atoms with Gasteiger partial charge in [0.2, 0.25) is 0 Å². The van der Waals surface area contributed by atoms with E-state index in [2.05, 4.69) is 30.5 Å². The first kappa shape index (κ1) is 25.1. The van der Waals surface area contributed by atoms with Crippen LogP contribution in [0.15, 0.2) is 42.9 Å². The van der Waals surface area contributed by atoms with E-state index in [4.69, 9.17) is 4.74 Å². The van der Waals surface area contributed by atoms with Crippen molar-refractivity contribution in [3.05, 3.63) is 72.0 Å². The van der Waals surface area contributed by atoms with Gasteiger partial charge in [0.15, 0.2) is 23.3 Å². The van der Waals surface area contributed by atoms with E-state index in [1.165, 1.54) is 12.5 Å². The van der Waals surface area contributed by atoms with Crippen LogP contribution in [0.1, 0.15) is 23.8 Å². The monoisotopic (exact) mass is 542 g/mol. The number of hydrogen-bond donors (Lipinski definition) is 4. The highest BCUT2D eigenvalue weighted by Crippen LogP contribution is 2.38. The number of aliphatic hydroxyl groups is 3. The molecule has 5 aromatic rings. The van der Waals surface area contributed by atoms with Crippen molar-refractivity contribution in [3.8, 4) is 16.9 Å². The van der Waals surface area contributed by atoms with Gasteiger partial charge in [-0.15, -0.1) is 15.3 Å². The Morgan fingerprint density at radius 1 is 1.05 bits per heavy atom. The molecule has 15 heteroatoms. The predicted molar refractivity (Wildman–Crippen MR) is 127 cm³/mol. The highest BCUT2D eigenvalue weighted by molar-refractivity contribution is 5.77. The lowest BCUT2D eigenvalue weighted by molar-refractivity contribution is -0.210. The molecule has 0 saturated carbocycles. The summed E-state index contributed by atoms with van der Waals surface area (Å²) in [6.07, 6.45) is -2.64. The average Bonchev–Trinajstić information content (AvgIpc) is 3.66. The summed E-state index contributed by atoms with van der Waals surface area (Å²) in [7, 11) is 0. The normalized spacial score (nSPS) is 23.5. The third-order valence-corrected chi connectivity index (χ3v) is 6.68. The van der Waals surface area contributed by atoms with Gasteiger partial charge in [0.25, 0.3) is 0 Å². The Labute approximate surface area is 217 Å². The fourth-order valence-corrected chi connectivity index (χ4v) is 4.80. The van der Waals surface area contributed by atoms with E-state index < -0.39 is 54.5 Å². The molecular formula is C24H21F3N8O4. The molecule has 3 aromatic heterocycles. The van der Waals surface area contributed by atoms with Gasteiger partial charge in [-0.1, -0.05) is 5.21 Å². The number of fused-ring (bicyclic) bond motifs is 1. The average molecular weight is 542 g/mol. The molecule has 39 heavy (non-hydrogen) atoms. The topological polar surface area (TPSA) is 160 Å². The molecule has 0 amide bonds. The van der Waals surface area contributed by atoms with E-state index in [1.54, 1.807) is 16.7 Å². The zero-order chi connectivity index (χ0) is 27.4. The zero-order valence-corrected chi connectivity index (χ0v) is 20.1. The third kappa shape index (κ3) is 4.24. The molecule has 0 unspecified atom stereocenters. The highest BCUT2D eigenvalue weighted by atomic mass is 19.2. The SMILES string of the molecule is Cc1nc2ccc(-n3cnnc3[C@@H]3O[C@H](CO)[C@H](O)[C@H](n4cc(-c5cc(F)c(F)c(F)c5)nn4)[C@H]3O)cc2[nH]1. The minimum absolute atomic E-state index is 0.0397. The molecule has 0 radical (unpaired) electrons. The first-order valence-corrected chi connectivity index (χ1v) is 11.8. The maximum absolute atomic E-state index is 13.8. The molecule has 0 aliphatic carbocycles. The molecule has 2 aromatic carbocycles. The van der Waals surface area contributed by atoms with Crippen LogP contribution in [0.5, 0.6) is 0 Å². The minimum atomic E-state index is -1.62. The second-order valence-corrected chi connectivity index (χ2v) is 9.17. The summed E-state index contributed by atoms with van der Waals surface area (Å²) in [4.78, 5) is 7.53. The number of imidazole rings is 1. The van der Waals surface area contributed by atoms with E-state index in [9.17, 15) is 28.5 Å². The minimum Gasteiger partial charge on any atom is -0.394 e. The van der Waals surface area contributed by atoms with E-state index in [0.29, 0.717) is 5.69 Å². The quantitative estimate of drug-likeness (QED) is 0.242. The van der Waals surface area contributed by atoms with E-state index in [-0.39, 0.29) is 17.1 Å². The van der Waals surface area contributed by atoms with Crippen LogP contribution in [0.3, 0.4) is 0 Å². The summed E-state index contributed by atoms with van der Waals surface area (Å²) in [5.41, 5.74) is 2.01. The van der Waals surface area contributed by atoms with Crippen LogP contribution in [-0.4, -0.2) is 80.0 Å². The lowest BCUT2D eigenvalue weighted by atomic mass is 9.92. The number of ether oxygens (including phenoxy) is 1. The van der Waals surface area contributed by atoms with Gasteiger partial charge in [-0.25, -0.2) is 22.8 Å². The van der Waals surface area contributed by atoms with Crippen molar-refractivity contribution in [1.29, 1.82) is 0 Å². The number of nitrogens with zero attached hydrogens (tertiary/aromatic N) is 7. The first-order valence-electron chi connectivity index (χ1n) is 11.8. The van der Waals surface area contributed by atoms with Crippen molar-refractivity contribution < 1.29 is 33.2 Å². The van der Waals surface area contributed by atoms with Crippen molar-refractivity contribution in [2.24, 2.45) is 0 Å². The third-order valence-electron chi connectivity index (χ3n) is 6.68. The molecule has 1 aliphatic rings. The van der Waals surface area contributed by atoms with Gasteiger partial charge in [0.05, 0.1) is 29.5 Å². The number of benzene rings is 2. The van der Waals surface area contributed by atoms with Crippen molar-refractivity contribution in [2.75, 3.05) is 6.61 Å². The van der Waals surface area contributed by atoms with Crippen molar-refractivity contribution in [3.63, 3.8) is 0 Å². The lowest BCUT2D eigenvalue weighted by Gasteiger charge is -2.41. The number of aliphatic hydroxyl groups excluding tert-OH is 3. The number of halogens is 3. The van der Waals surface area contributed by atoms with Gasteiger partial charge in [0.1, 0.15) is 48.3 Å². The predicted octanol–water partition coefficient (Wildman–Crippen LogP) is 1.52. The van der Waals surface area contributed by atoms with Crippen LogP contribution in [0.2, 0.25) is 0 Å². The number of rotatable bonds is 5. The maximum Gasteiger partial charge on any atom is 0.194 e. The summed E-state index contributed by atoms with van der Waals surface area (Å²) in [6, 6.07) is 5.69. The van der Waals surface area contributed by atoms with Gasteiger partial charge < -0.3 is 25.0 Å². The molecule has 12 nitrogen and oxygen atoms in total. The van der Waals surface area contributed by atoms with Crippen molar-refractivity contribution in [2.45, 2.75) is 37.4 Å². The van der Waals surface area contributed by atoms with Crippen LogP contribution in [0.25, 0.3) is 28.0 Å². The smallest absolute Gasteiger partial charge is 0.194 e. The van der Waals surface area contributed by atoms with Crippen LogP contribution in [0, 0.1) is 24.4 Å². The first-order chi connectivity index (χ1) is 18.7. The summed E-state index contributed by atoms with van der Waals surface area (Å²) in [6.45, 7) is 1.22. The van der Waals surface area contributed by atoms with Crippen molar-refractivity contribution in [1.82, 2.24) is 39.7 Å². The summed E-state index contributed by atoms with van der Waals surface area (Å²) >= 11 is 0. The van der Waals surface area contributed by atoms with Crippen LogP contribution < -0.4 is 0 Å². The Kier molecular flexibility index (Phi) is 6.14. The van der Waals surface area contributed by atoms with Gasteiger partial charge >= 0.3 is 0 Å². The molecule has 202 valence electrons. The van der Waals surface area contributed by atoms with Gasteiger partial charge in [-0.05, 0) is 37.3 Å². The number of aromatic nitrogens is 8. The standard InChI is InChI=1S/C24H21F3N8O4/c1-10-29-15-3-2-12(6-16(15)30-10)34-9-28-32-24(34)23-22(38)20(21(37)18(8-36)39-23)35-7-17(31-33-35)11-4-13(25)19(27)14(26)5-11/h2-7,9,18,20-23,36-38H,8H2,1H3,(H,29,30)/t18-,20+,21+,22-,23-/m1/s1. The summed E-state index contributed by atoms with van der Waals surface area (Å²) in [5.74, 6) is -3.53. The Balaban J connectivity index is 1.36. The maximum atomic E-state index is 13.8. The molecule has 1 aliphatic heterocycles. The zero-order valence-electron chi connectivity index (χ0n) is 20.1. The second-order valence-electron chi connectivity index (χ2n) is 9.17. The molecule has 0 spiro atoms. The van der Waals surface area contributed by atoms with Crippen LogP contribution >= 0.6 is 0 Å². The van der Waals surface area contributed by atoms with Gasteiger partial charge in [-0.3, -0.25) is 4.57 Å². The van der Waals surface area contributed by atoms with Crippen LogP contribution in [0.4, 0.5) is 13.2 Å².